The van der Waals surface area contributed by atoms with E-state index in [1.54, 1.807) is 0 Å². The largest absolute Gasteiger partial charge is 0.365 e. The lowest BCUT2D eigenvalue weighted by molar-refractivity contribution is 0.433. The van der Waals surface area contributed by atoms with Gasteiger partial charge in [-0.2, -0.15) is 5.26 Å². The number of allylic oxidation sites excluding steroid dienone is 3. The van der Waals surface area contributed by atoms with Crippen LogP contribution in [0.4, 0.5) is 5.69 Å². The van der Waals surface area contributed by atoms with Gasteiger partial charge in [0.1, 0.15) is 6.17 Å². The lowest BCUT2D eigenvalue weighted by atomic mass is 9.69. The zero-order valence-corrected chi connectivity index (χ0v) is 31.8. The van der Waals surface area contributed by atoms with Crippen LogP contribution in [-0.4, -0.2) is 4.57 Å². The van der Waals surface area contributed by atoms with Crippen LogP contribution in [0.3, 0.4) is 0 Å². The Morgan fingerprint density at radius 1 is 0.732 bits per heavy atom. The molecule has 0 fully saturated rings. The van der Waals surface area contributed by atoms with Gasteiger partial charge in [0.25, 0.3) is 0 Å². The molecule has 0 amide bonds. The summed E-state index contributed by atoms with van der Waals surface area (Å²) in [5.74, 6) is 0.477. The number of nitriles is 1. The second kappa shape index (κ2) is 13.3. The lowest BCUT2D eigenvalue weighted by Gasteiger charge is -2.40. The topological polar surface area (TPSA) is 64.8 Å². The van der Waals surface area contributed by atoms with Gasteiger partial charge in [-0.05, 0) is 70.5 Å². The Morgan fingerprint density at radius 3 is 2.18 bits per heavy atom. The Labute approximate surface area is 328 Å². The van der Waals surface area contributed by atoms with E-state index in [1.165, 1.54) is 33.1 Å². The maximum Gasteiger partial charge on any atom is 0.106 e. The summed E-state index contributed by atoms with van der Waals surface area (Å²) >= 11 is 0. The molecular weight excluding hydrogens is 683 g/mol. The number of fused-ring (bicyclic) bond motifs is 5. The van der Waals surface area contributed by atoms with E-state index in [1.807, 2.05) is 36.4 Å². The number of anilines is 1. The fourth-order valence-electron chi connectivity index (χ4n) is 9.41. The first-order valence-electron chi connectivity index (χ1n) is 19.6. The summed E-state index contributed by atoms with van der Waals surface area (Å²) in [5.41, 5.74) is 15.3. The van der Waals surface area contributed by atoms with Crippen LogP contribution in [0.25, 0.3) is 44.3 Å². The number of nitrogens with zero attached hydrogens (tertiary/aromatic N) is 2. The van der Waals surface area contributed by atoms with Crippen molar-refractivity contribution < 1.29 is 0 Å². The quantitative estimate of drug-likeness (QED) is 0.165. The molecule has 1 aromatic heterocycles. The van der Waals surface area contributed by atoms with Gasteiger partial charge in [0, 0.05) is 38.7 Å². The zero-order chi connectivity index (χ0) is 38.0. The molecule has 1 aliphatic carbocycles. The van der Waals surface area contributed by atoms with Crippen LogP contribution < -0.4 is 16.0 Å². The highest BCUT2D eigenvalue weighted by Gasteiger charge is 2.39. The molecule has 0 bridgehead atoms. The molecule has 0 radical (unpaired) electrons. The molecule has 3 heterocycles. The van der Waals surface area contributed by atoms with Crippen LogP contribution in [-0.2, 0) is 5.41 Å². The molecule has 272 valence electrons. The Hall–Kier alpha value is -6.61. The third kappa shape index (κ3) is 5.40. The fourth-order valence-corrected chi connectivity index (χ4v) is 9.41. The van der Waals surface area contributed by atoms with Gasteiger partial charge in [0.2, 0.25) is 0 Å². The molecule has 56 heavy (non-hydrogen) atoms. The Morgan fingerprint density at radius 2 is 1.43 bits per heavy atom. The number of para-hydroxylation sites is 1. The van der Waals surface area contributed by atoms with Crippen molar-refractivity contribution >= 4 is 33.2 Å². The molecule has 3 aliphatic rings. The molecule has 6 aromatic carbocycles. The van der Waals surface area contributed by atoms with Crippen molar-refractivity contribution in [3.05, 3.63) is 197 Å². The number of benzene rings is 6. The SMILES string of the molecule is CC1C=CC2=C(C1)C(C)(C)c1c(ccc3c4ccccc4n(-c4ccc(-c5ccccc5)cc4C4NC(c5ccccc5)=C(C#N)C(c5ccccc5)N4)c13)N2. The van der Waals surface area contributed by atoms with Crippen molar-refractivity contribution in [1.82, 2.24) is 15.2 Å². The fraction of sp³-hybridized carbons (Fsp3) is 0.157. The van der Waals surface area contributed by atoms with E-state index in [0.29, 0.717) is 11.5 Å². The molecule has 0 saturated carbocycles. The summed E-state index contributed by atoms with van der Waals surface area (Å²) in [6.45, 7) is 7.13. The van der Waals surface area contributed by atoms with Crippen molar-refractivity contribution in [3.8, 4) is 22.9 Å². The third-order valence-corrected chi connectivity index (χ3v) is 12.1. The number of aromatic nitrogens is 1. The van der Waals surface area contributed by atoms with Crippen LogP contribution in [0.1, 0.15) is 61.7 Å². The van der Waals surface area contributed by atoms with Gasteiger partial charge in [-0.1, -0.05) is 148 Å². The molecular formula is C51H43N5. The highest BCUT2D eigenvalue weighted by molar-refractivity contribution is 6.12. The molecule has 3 unspecified atom stereocenters. The minimum Gasteiger partial charge on any atom is -0.365 e. The maximum absolute atomic E-state index is 10.8. The van der Waals surface area contributed by atoms with Crippen molar-refractivity contribution in [2.75, 3.05) is 5.32 Å². The van der Waals surface area contributed by atoms with Gasteiger partial charge in [0.15, 0.2) is 0 Å². The van der Waals surface area contributed by atoms with Gasteiger partial charge in [-0.25, -0.2) is 0 Å². The summed E-state index contributed by atoms with van der Waals surface area (Å²) in [6, 6.07) is 53.8. The summed E-state index contributed by atoms with van der Waals surface area (Å²) in [4.78, 5) is 0. The van der Waals surface area contributed by atoms with E-state index in [9.17, 15) is 5.26 Å². The van der Waals surface area contributed by atoms with Crippen molar-refractivity contribution in [3.63, 3.8) is 0 Å². The van der Waals surface area contributed by atoms with E-state index >= 15 is 0 Å². The number of hydrogen-bond donors (Lipinski definition) is 3. The second-order valence-electron chi connectivity index (χ2n) is 15.9. The smallest absolute Gasteiger partial charge is 0.106 e. The Kier molecular flexibility index (Phi) is 8.06. The van der Waals surface area contributed by atoms with Gasteiger partial charge in [-0.15, -0.1) is 0 Å². The molecule has 7 aromatic rings. The van der Waals surface area contributed by atoms with Crippen LogP contribution in [0.15, 0.2) is 175 Å². The Bertz CT molecular complexity index is 2800. The second-order valence-corrected chi connectivity index (χ2v) is 15.9. The molecule has 3 atom stereocenters. The molecule has 3 N–H and O–H groups in total. The number of hydrogen-bond acceptors (Lipinski definition) is 4. The van der Waals surface area contributed by atoms with Crippen molar-refractivity contribution in [1.29, 1.82) is 5.26 Å². The summed E-state index contributed by atoms with van der Waals surface area (Å²) in [5, 5.41) is 25.0. The van der Waals surface area contributed by atoms with Gasteiger partial charge in [-0.3, -0.25) is 5.32 Å². The first-order chi connectivity index (χ1) is 27.4. The molecule has 0 saturated heterocycles. The normalized spacial score (nSPS) is 19.9. The minimum absolute atomic E-state index is 0.227. The highest BCUT2D eigenvalue weighted by Crippen LogP contribution is 2.51. The monoisotopic (exact) mass is 725 g/mol. The van der Waals surface area contributed by atoms with E-state index < -0.39 is 0 Å². The van der Waals surface area contributed by atoms with Crippen LogP contribution in [0.2, 0.25) is 0 Å². The summed E-state index contributed by atoms with van der Waals surface area (Å²) in [6.07, 6.45) is 5.27. The van der Waals surface area contributed by atoms with Crippen LogP contribution in [0, 0.1) is 17.2 Å². The molecule has 2 aliphatic heterocycles. The minimum atomic E-state index is -0.355. The van der Waals surface area contributed by atoms with E-state index in [2.05, 4.69) is 169 Å². The predicted molar refractivity (Wildman–Crippen MR) is 230 cm³/mol. The maximum atomic E-state index is 10.8. The molecule has 5 nitrogen and oxygen atoms in total. The lowest BCUT2D eigenvalue weighted by Crippen LogP contribution is -2.42. The van der Waals surface area contributed by atoms with Gasteiger partial charge < -0.3 is 15.2 Å². The predicted octanol–water partition coefficient (Wildman–Crippen LogP) is 11.9. The van der Waals surface area contributed by atoms with Gasteiger partial charge >= 0.3 is 0 Å². The highest BCUT2D eigenvalue weighted by atomic mass is 15.2. The van der Waals surface area contributed by atoms with Crippen molar-refractivity contribution in [2.45, 2.75) is 44.8 Å². The number of nitrogens with one attached hydrogen (secondary N) is 3. The summed E-state index contributed by atoms with van der Waals surface area (Å²) < 4.78 is 2.51. The average Bonchev–Trinajstić information content (AvgIpc) is 3.58. The number of rotatable bonds is 5. The van der Waals surface area contributed by atoms with E-state index in [-0.39, 0.29) is 17.6 Å². The Balaban J connectivity index is 1.26. The van der Waals surface area contributed by atoms with Crippen LogP contribution >= 0.6 is 0 Å². The summed E-state index contributed by atoms with van der Waals surface area (Å²) in [7, 11) is 0. The first kappa shape index (κ1) is 33.9. The zero-order valence-electron chi connectivity index (χ0n) is 31.8. The molecule has 0 spiro atoms. The van der Waals surface area contributed by atoms with Gasteiger partial charge in [0.05, 0.1) is 40.1 Å². The standard InChI is InChI=1S/C51H43N5/c1-32-23-26-42-41(29-32)51(2,3)46-43(53-42)27-25-38-37-21-13-14-22-44(37)56(49(38)46)45-28-24-36(33-15-7-4-8-16-33)30-39(45)50-54-47(34-17-9-5-10-18-34)40(31-52)48(55-50)35-19-11-6-12-20-35/h4-28,30,32,47,50,53-55H,29H2,1-3H3. The van der Waals surface area contributed by atoms with Crippen LogP contribution in [0.5, 0.6) is 0 Å². The average molecular weight is 726 g/mol. The van der Waals surface area contributed by atoms with Crippen molar-refractivity contribution in [2.24, 2.45) is 5.92 Å². The van der Waals surface area contributed by atoms with E-state index in [4.69, 9.17) is 0 Å². The molecule has 5 heteroatoms. The first-order valence-corrected chi connectivity index (χ1v) is 19.6. The third-order valence-electron chi connectivity index (χ3n) is 12.1. The van der Waals surface area contributed by atoms with E-state index in [0.717, 1.165) is 56.8 Å². The molecule has 10 rings (SSSR count).